The molecule has 1 aromatic carbocycles. The molecule has 1 saturated heterocycles. The zero-order valence-electron chi connectivity index (χ0n) is 12.5. The van der Waals surface area contributed by atoms with E-state index in [0.717, 1.165) is 32.5 Å². The van der Waals surface area contributed by atoms with E-state index < -0.39 is 0 Å². The molecule has 0 saturated carbocycles. The van der Waals surface area contributed by atoms with E-state index in [1.165, 1.54) is 5.56 Å². The Bertz CT molecular complexity index is 432. The predicted molar refractivity (Wildman–Crippen MR) is 87.2 cm³/mol. The Balaban J connectivity index is 2.01. The van der Waals surface area contributed by atoms with Crippen LogP contribution in [0.15, 0.2) is 41.9 Å². The molecule has 0 radical (unpaired) electrons. The van der Waals surface area contributed by atoms with Crippen LogP contribution in [0.2, 0.25) is 0 Å². The Morgan fingerprint density at radius 3 is 2.80 bits per heavy atom. The minimum atomic E-state index is 0.226. The van der Waals surface area contributed by atoms with Gasteiger partial charge in [0.2, 0.25) is 0 Å². The van der Waals surface area contributed by atoms with Gasteiger partial charge in [-0.3, -0.25) is 4.90 Å². The number of halogens is 1. The van der Waals surface area contributed by atoms with Gasteiger partial charge in [-0.25, -0.2) is 0 Å². The number of hydrogen-bond donors (Lipinski definition) is 1. The molecule has 110 valence electrons. The average molecular weight is 293 g/mol. The fourth-order valence-corrected chi connectivity index (χ4v) is 2.95. The summed E-state index contributed by atoms with van der Waals surface area (Å²) in [6.07, 6.45) is 4.27. The Morgan fingerprint density at radius 1 is 1.40 bits per heavy atom. The highest BCUT2D eigenvalue weighted by Gasteiger charge is 2.35. The summed E-state index contributed by atoms with van der Waals surface area (Å²) in [6.45, 7) is 7.63. The van der Waals surface area contributed by atoms with Crippen LogP contribution in [0.1, 0.15) is 25.8 Å². The molecular formula is C17H25ClN2. The first kappa shape index (κ1) is 15.6. The normalized spacial score (nSPS) is 28.1. The van der Waals surface area contributed by atoms with Crippen LogP contribution >= 0.6 is 11.6 Å². The van der Waals surface area contributed by atoms with E-state index in [1.807, 2.05) is 6.08 Å². The molecule has 2 nitrogen and oxygen atoms in total. The molecule has 1 aliphatic heterocycles. The van der Waals surface area contributed by atoms with Crippen molar-refractivity contribution < 1.29 is 0 Å². The van der Waals surface area contributed by atoms with E-state index in [0.29, 0.717) is 6.04 Å². The van der Waals surface area contributed by atoms with Crippen molar-refractivity contribution in [2.24, 2.45) is 0 Å². The van der Waals surface area contributed by atoms with Gasteiger partial charge in [-0.15, -0.1) is 0 Å². The van der Waals surface area contributed by atoms with Crippen molar-refractivity contribution in [3.8, 4) is 0 Å². The molecule has 1 aromatic rings. The van der Waals surface area contributed by atoms with Gasteiger partial charge in [0.25, 0.3) is 0 Å². The Kier molecular flexibility index (Phi) is 5.64. The molecule has 3 heteroatoms. The highest BCUT2D eigenvalue weighted by atomic mass is 35.5. The van der Waals surface area contributed by atoms with Crippen molar-refractivity contribution in [3.05, 3.63) is 47.5 Å². The Morgan fingerprint density at radius 2 is 2.15 bits per heavy atom. The molecule has 2 rings (SSSR count). The summed E-state index contributed by atoms with van der Waals surface area (Å²) in [5.74, 6) is 0. The molecule has 0 spiro atoms. The Labute approximate surface area is 127 Å². The minimum absolute atomic E-state index is 0.226. The van der Waals surface area contributed by atoms with E-state index in [2.05, 4.69) is 54.4 Å². The summed E-state index contributed by atoms with van der Waals surface area (Å²) < 4.78 is 0. The highest BCUT2D eigenvalue weighted by molar-refractivity contribution is 6.25. The first-order valence-electron chi connectivity index (χ1n) is 7.45. The average Bonchev–Trinajstić information content (AvgIpc) is 2.49. The second kappa shape index (κ2) is 7.26. The van der Waals surface area contributed by atoms with Crippen LogP contribution in [0, 0.1) is 0 Å². The maximum absolute atomic E-state index is 5.70. The second-order valence-corrected chi connectivity index (χ2v) is 6.14. The fraction of sp³-hybridized carbons (Fsp3) is 0.529. The van der Waals surface area contributed by atoms with Gasteiger partial charge in [0, 0.05) is 36.8 Å². The largest absolute Gasteiger partial charge is 0.311 e. The third kappa shape index (κ3) is 3.85. The SMILES string of the molecule is CCC1(C)CNC(Cc2ccccc2)CN1C/C=C/Cl. The van der Waals surface area contributed by atoms with Gasteiger partial charge in [0.1, 0.15) is 0 Å². The van der Waals surface area contributed by atoms with Crippen molar-refractivity contribution in [1.82, 2.24) is 10.2 Å². The van der Waals surface area contributed by atoms with Gasteiger partial charge in [-0.05, 0) is 25.3 Å². The van der Waals surface area contributed by atoms with Crippen molar-refractivity contribution >= 4 is 11.6 Å². The maximum Gasteiger partial charge on any atom is 0.0307 e. The quantitative estimate of drug-likeness (QED) is 0.894. The molecule has 0 amide bonds. The lowest BCUT2D eigenvalue weighted by molar-refractivity contribution is 0.0605. The molecule has 2 unspecified atom stereocenters. The summed E-state index contributed by atoms with van der Waals surface area (Å²) in [4.78, 5) is 2.55. The fourth-order valence-electron chi connectivity index (χ4n) is 2.87. The van der Waals surface area contributed by atoms with E-state index in [1.54, 1.807) is 5.54 Å². The third-order valence-electron chi connectivity index (χ3n) is 4.48. The summed E-state index contributed by atoms with van der Waals surface area (Å²) >= 11 is 5.70. The molecule has 1 fully saturated rings. The van der Waals surface area contributed by atoms with Gasteiger partial charge in [0.15, 0.2) is 0 Å². The zero-order chi connectivity index (χ0) is 14.4. The molecule has 1 heterocycles. The number of nitrogens with one attached hydrogen (secondary N) is 1. The number of nitrogens with zero attached hydrogens (tertiary/aromatic N) is 1. The van der Waals surface area contributed by atoms with E-state index >= 15 is 0 Å². The summed E-state index contributed by atoms with van der Waals surface area (Å²) in [5.41, 5.74) is 3.26. The summed E-state index contributed by atoms with van der Waals surface area (Å²) in [6, 6.07) is 11.2. The lowest BCUT2D eigenvalue weighted by Crippen LogP contribution is -2.63. The monoisotopic (exact) mass is 292 g/mol. The Hall–Kier alpha value is -0.830. The van der Waals surface area contributed by atoms with Crippen LogP contribution in [0.5, 0.6) is 0 Å². The molecule has 1 aliphatic rings. The minimum Gasteiger partial charge on any atom is -0.311 e. The molecule has 2 atom stereocenters. The van der Waals surface area contributed by atoms with Crippen LogP contribution < -0.4 is 5.32 Å². The topological polar surface area (TPSA) is 15.3 Å². The van der Waals surface area contributed by atoms with Gasteiger partial charge in [0.05, 0.1) is 0 Å². The lowest BCUT2D eigenvalue weighted by Gasteiger charge is -2.47. The summed E-state index contributed by atoms with van der Waals surface area (Å²) in [5, 5.41) is 3.72. The molecule has 0 aromatic heterocycles. The predicted octanol–water partition coefficient (Wildman–Crippen LogP) is 3.42. The van der Waals surface area contributed by atoms with Crippen LogP contribution in [0.25, 0.3) is 0 Å². The smallest absolute Gasteiger partial charge is 0.0307 e. The van der Waals surface area contributed by atoms with Crippen molar-refractivity contribution in [1.29, 1.82) is 0 Å². The van der Waals surface area contributed by atoms with Crippen molar-refractivity contribution in [3.63, 3.8) is 0 Å². The summed E-state index contributed by atoms with van der Waals surface area (Å²) in [7, 11) is 0. The van der Waals surface area contributed by atoms with Crippen LogP contribution in [0.4, 0.5) is 0 Å². The second-order valence-electron chi connectivity index (χ2n) is 5.88. The van der Waals surface area contributed by atoms with Crippen LogP contribution in [0.3, 0.4) is 0 Å². The first-order chi connectivity index (χ1) is 9.68. The number of benzene rings is 1. The van der Waals surface area contributed by atoms with E-state index in [4.69, 9.17) is 11.6 Å². The first-order valence-corrected chi connectivity index (χ1v) is 7.89. The lowest BCUT2D eigenvalue weighted by atomic mass is 9.90. The van der Waals surface area contributed by atoms with Crippen LogP contribution in [-0.4, -0.2) is 36.1 Å². The van der Waals surface area contributed by atoms with E-state index in [9.17, 15) is 0 Å². The maximum atomic E-state index is 5.70. The highest BCUT2D eigenvalue weighted by Crippen LogP contribution is 2.23. The van der Waals surface area contributed by atoms with Crippen LogP contribution in [-0.2, 0) is 6.42 Å². The zero-order valence-corrected chi connectivity index (χ0v) is 13.2. The van der Waals surface area contributed by atoms with Gasteiger partial charge < -0.3 is 5.32 Å². The molecular weight excluding hydrogens is 268 g/mol. The number of hydrogen-bond acceptors (Lipinski definition) is 2. The van der Waals surface area contributed by atoms with Gasteiger partial charge in [-0.1, -0.05) is 54.9 Å². The third-order valence-corrected chi connectivity index (χ3v) is 4.66. The number of piperazine rings is 1. The van der Waals surface area contributed by atoms with Crippen molar-refractivity contribution in [2.75, 3.05) is 19.6 Å². The molecule has 20 heavy (non-hydrogen) atoms. The van der Waals surface area contributed by atoms with Gasteiger partial charge in [-0.2, -0.15) is 0 Å². The molecule has 0 aliphatic carbocycles. The standard InChI is InChI=1S/C17H25ClN2/c1-3-17(2)14-19-16(13-20(17)11-7-10-18)12-15-8-5-4-6-9-15/h4-10,16,19H,3,11-14H2,1-2H3/b10-7+. The van der Waals surface area contributed by atoms with Gasteiger partial charge >= 0.3 is 0 Å². The van der Waals surface area contributed by atoms with E-state index in [-0.39, 0.29) is 5.54 Å². The molecule has 1 N–H and O–H groups in total. The molecule has 0 bridgehead atoms. The number of rotatable bonds is 5. The van der Waals surface area contributed by atoms with Crippen molar-refractivity contribution in [2.45, 2.75) is 38.3 Å².